The average molecular weight is 238 g/mol. The Kier molecular flexibility index (Phi) is 2.45. The molecule has 0 aliphatic carbocycles. The summed E-state index contributed by atoms with van der Waals surface area (Å²) in [5, 5.41) is 1.17. The lowest BCUT2D eigenvalue weighted by Gasteiger charge is -2.09. The standard InChI is InChI=1S/C15H14N2O/c1-18-12-7-6-11-8-9-17(15(11)10-12)14-5-3-2-4-13(14)16/h2-10H,16H2,1H3. The molecule has 2 N–H and O–H groups in total. The van der Waals surface area contributed by atoms with E-state index in [-0.39, 0.29) is 0 Å². The van der Waals surface area contributed by atoms with Gasteiger partial charge in [-0.25, -0.2) is 0 Å². The number of anilines is 1. The molecule has 1 aromatic heterocycles. The first-order valence-electron chi connectivity index (χ1n) is 5.79. The Labute approximate surface area is 105 Å². The number of nitrogens with two attached hydrogens (primary N) is 1. The summed E-state index contributed by atoms with van der Waals surface area (Å²) < 4.78 is 7.34. The highest BCUT2D eigenvalue weighted by Gasteiger charge is 2.06. The Morgan fingerprint density at radius 1 is 1.06 bits per heavy atom. The molecule has 0 spiro atoms. The van der Waals surface area contributed by atoms with Gasteiger partial charge in [-0.1, -0.05) is 12.1 Å². The minimum Gasteiger partial charge on any atom is -0.497 e. The summed E-state index contributed by atoms with van der Waals surface area (Å²) in [6, 6.07) is 15.9. The Morgan fingerprint density at radius 2 is 1.89 bits per heavy atom. The van der Waals surface area contributed by atoms with E-state index in [9.17, 15) is 0 Å². The van der Waals surface area contributed by atoms with Crippen LogP contribution in [-0.4, -0.2) is 11.7 Å². The van der Waals surface area contributed by atoms with E-state index in [1.807, 2.05) is 48.7 Å². The van der Waals surface area contributed by atoms with Crippen LogP contribution in [0.4, 0.5) is 5.69 Å². The maximum Gasteiger partial charge on any atom is 0.120 e. The van der Waals surface area contributed by atoms with Crippen molar-refractivity contribution in [3.05, 3.63) is 54.7 Å². The quantitative estimate of drug-likeness (QED) is 0.696. The van der Waals surface area contributed by atoms with Crippen LogP contribution in [0.5, 0.6) is 5.75 Å². The minimum absolute atomic E-state index is 0.762. The Hall–Kier alpha value is -2.42. The van der Waals surface area contributed by atoms with Crippen molar-refractivity contribution in [2.24, 2.45) is 0 Å². The third kappa shape index (κ3) is 1.61. The number of hydrogen-bond donors (Lipinski definition) is 1. The highest BCUT2D eigenvalue weighted by molar-refractivity contribution is 5.84. The van der Waals surface area contributed by atoms with Gasteiger partial charge in [0.2, 0.25) is 0 Å². The number of fused-ring (bicyclic) bond motifs is 1. The van der Waals surface area contributed by atoms with Crippen LogP contribution in [0.15, 0.2) is 54.7 Å². The fourth-order valence-electron chi connectivity index (χ4n) is 2.15. The maximum atomic E-state index is 6.02. The van der Waals surface area contributed by atoms with E-state index in [1.54, 1.807) is 7.11 Å². The second-order valence-electron chi connectivity index (χ2n) is 4.17. The van der Waals surface area contributed by atoms with Gasteiger partial charge >= 0.3 is 0 Å². The zero-order valence-electron chi connectivity index (χ0n) is 10.1. The number of benzene rings is 2. The number of rotatable bonds is 2. The van der Waals surface area contributed by atoms with E-state index in [2.05, 4.69) is 10.6 Å². The molecule has 3 heteroatoms. The number of hydrogen-bond acceptors (Lipinski definition) is 2. The van der Waals surface area contributed by atoms with Crippen molar-refractivity contribution in [2.75, 3.05) is 12.8 Å². The van der Waals surface area contributed by atoms with Crippen LogP contribution in [0.2, 0.25) is 0 Å². The van der Waals surface area contributed by atoms with Crippen LogP contribution in [0.3, 0.4) is 0 Å². The third-order valence-electron chi connectivity index (χ3n) is 3.10. The topological polar surface area (TPSA) is 40.2 Å². The van der Waals surface area contributed by atoms with Gasteiger partial charge < -0.3 is 15.0 Å². The van der Waals surface area contributed by atoms with Gasteiger partial charge in [0.15, 0.2) is 0 Å². The summed E-state index contributed by atoms with van der Waals surface area (Å²) in [4.78, 5) is 0. The van der Waals surface area contributed by atoms with Crippen LogP contribution in [0, 0.1) is 0 Å². The molecule has 3 rings (SSSR count). The number of para-hydroxylation sites is 2. The number of nitrogen functional groups attached to an aromatic ring is 1. The zero-order valence-corrected chi connectivity index (χ0v) is 10.1. The Bertz CT molecular complexity index is 701. The summed E-state index contributed by atoms with van der Waals surface area (Å²) in [6.07, 6.45) is 2.02. The van der Waals surface area contributed by atoms with Gasteiger partial charge in [-0.15, -0.1) is 0 Å². The van der Waals surface area contributed by atoms with Gasteiger partial charge in [0.25, 0.3) is 0 Å². The van der Waals surface area contributed by atoms with E-state index in [0.29, 0.717) is 0 Å². The highest BCUT2D eigenvalue weighted by Crippen LogP contribution is 2.26. The minimum atomic E-state index is 0.762. The number of methoxy groups -OCH3 is 1. The summed E-state index contributed by atoms with van der Waals surface area (Å²) in [6.45, 7) is 0. The van der Waals surface area contributed by atoms with E-state index >= 15 is 0 Å². The molecule has 0 saturated heterocycles. The number of aromatic nitrogens is 1. The largest absolute Gasteiger partial charge is 0.497 e. The summed E-state index contributed by atoms with van der Waals surface area (Å²) in [5.41, 5.74) is 8.86. The zero-order chi connectivity index (χ0) is 12.5. The maximum absolute atomic E-state index is 6.02. The fourth-order valence-corrected chi connectivity index (χ4v) is 2.15. The molecule has 0 aliphatic rings. The molecule has 0 radical (unpaired) electrons. The third-order valence-corrected chi connectivity index (χ3v) is 3.10. The lowest BCUT2D eigenvalue weighted by molar-refractivity contribution is 0.415. The Morgan fingerprint density at radius 3 is 2.67 bits per heavy atom. The molecular formula is C15H14N2O. The van der Waals surface area contributed by atoms with Gasteiger partial charge in [-0.05, 0) is 30.3 Å². The normalized spacial score (nSPS) is 10.7. The van der Waals surface area contributed by atoms with Gasteiger partial charge in [-0.2, -0.15) is 0 Å². The molecule has 3 aromatic rings. The van der Waals surface area contributed by atoms with Crippen molar-refractivity contribution < 1.29 is 4.74 Å². The van der Waals surface area contributed by atoms with Crippen molar-refractivity contribution in [3.8, 4) is 11.4 Å². The molecule has 0 fully saturated rings. The first-order chi connectivity index (χ1) is 8.79. The SMILES string of the molecule is COc1ccc2ccn(-c3ccccc3N)c2c1. The van der Waals surface area contributed by atoms with Gasteiger partial charge in [0.1, 0.15) is 5.75 Å². The van der Waals surface area contributed by atoms with Crippen molar-refractivity contribution >= 4 is 16.6 Å². The summed E-state index contributed by atoms with van der Waals surface area (Å²) in [7, 11) is 1.67. The molecule has 0 amide bonds. The number of ether oxygens (including phenoxy) is 1. The monoisotopic (exact) mass is 238 g/mol. The molecule has 18 heavy (non-hydrogen) atoms. The fraction of sp³-hybridized carbons (Fsp3) is 0.0667. The Balaban J connectivity index is 2.26. The van der Waals surface area contributed by atoms with Crippen LogP contribution in [-0.2, 0) is 0 Å². The molecule has 90 valence electrons. The van der Waals surface area contributed by atoms with Crippen molar-refractivity contribution in [1.29, 1.82) is 0 Å². The second-order valence-corrected chi connectivity index (χ2v) is 4.17. The van der Waals surface area contributed by atoms with Crippen LogP contribution >= 0.6 is 0 Å². The molecule has 0 aliphatic heterocycles. The van der Waals surface area contributed by atoms with Gasteiger partial charge in [0, 0.05) is 17.6 Å². The van der Waals surface area contributed by atoms with Crippen LogP contribution in [0.25, 0.3) is 16.6 Å². The van der Waals surface area contributed by atoms with Gasteiger partial charge in [0.05, 0.1) is 24.0 Å². The lowest BCUT2D eigenvalue weighted by Crippen LogP contribution is -1.97. The first kappa shape index (κ1) is 10.7. The molecule has 0 saturated carbocycles. The molecule has 1 heterocycles. The van der Waals surface area contributed by atoms with Crippen LogP contribution < -0.4 is 10.5 Å². The number of nitrogens with zero attached hydrogens (tertiary/aromatic N) is 1. The lowest BCUT2D eigenvalue weighted by atomic mass is 10.2. The van der Waals surface area contributed by atoms with E-state index in [1.165, 1.54) is 5.39 Å². The average Bonchev–Trinajstić information content (AvgIpc) is 2.82. The molecule has 0 bridgehead atoms. The molecule has 0 atom stereocenters. The molecule has 0 unspecified atom stereocenters. The van der Waals surface area contributed by atoms with Gasteiger partial charge in [-0.3, -0.25) is 0 Å². The van der Waals surface area contributed by atoms with Crippen LogP contribution in [0.1, 0.15) is 0 Å². The van der Waals surface area contributed by atoms with E-state index in [0.717, 1.165) is 22.6 Å². The predicted molar refractivity (Wildman–Crippen MR) is 74.2 cm³/mol. The predicted octanol–water partition coefficient (Wildman–Crippen LogP) is 3.22. The summed E-state index contributed by atoms with van der Waals surface area (Å²) >= 11 is 0. The summed E-state index contributed by atoms with van der Waals surface area (Å²) in [5.74, 6) is 0.844. The van der Waals surface area contributed by atoms with E-state index in [4.69, 9.17) is 10.5 Å². The van der Waals surface area contributed by atoms with E-state index < -0.39 is 0 Å². The smallest absolute Gasteiger partial charge is 0.120 e. The second kappa shape index (κ2) is 4.11. The van der Waals surface area contributed by atoms with Crippen molar-refractivity contribution in [3.63, 3.8) is 0 Å². The van der Waals surface area contributed by atoms with Crippen molar-refractivity contribution in [2.45, 2.75) is 0 Å². The van der Waals surface area contributed by atoms with Crippen molar-refractivity contribution in [1.82, 2.24) is 4.57 Å². The first-order valence-corrected chi connectivity index (χ1v) is 5.79. The highest BCUT2D eigenvalue weighted by atomic mass is 16.5. The molecule has 3 nitrogen and oxygen atoms in total. The molecule has 2 aromatic carbocycles. The molecular weight excluding hydrogens is 224 g/mol.